The number of thiol groups is 1. The molecule has 0 amide bonds. The van der Waals surface area contributed by atoms with Crippen LogP contribution in [-0.2, 0) is 20.2 Å². The highest BCUT2D eigenvalue weighted by molar-refractivity contribution is 8.25. The van der Waals surface area contributed by atoms with E-state index in [-0.39, 0.29) is 23.0 Å². The molecule has 0 atom stereocenters. The van der Waals surface area contributed by atoms with Crippen molar-refractivity contribution in [3.63, 3.8) is 0 Å². The van der Waals surface area contributed by atoms with E-state index in [1.165, 1.54) is 11.8 Å². The second kappa shape index (κ2) is 6.86. The summed E-state index contributed by atoms with van der Waals surface area (Å²) in [5, 5.41) is 0. The van der Waals surface area contributed by atoms with Gasteiger partial charge in [-0.1, -0.05) is 0 Å². The van der Waals surface area contributed by atoms with E-state index in [4.69, 9.17) is 9.11 Å². The summed E-state index contributed by atoms with van der Waals surface area (Å²) in [6, 6.07) is 0. The molecule has 0 saturated carbocycles. The molecule has 10 heteroatoms. The first kappa shape index (κ1) is 15.4. The van der Waals surface area contributed by atoms with Gasteiger partial charge in [0.2, 0.25) is 0 Å². The van der Waals surface area contributed by atoms with Crippen molar-refractivity contribution in [2.75, 3.05) is 23.0 Å². The lowest BCUT2D eigenvalue weighted by Gasteiger charge is -1.94. The van der Waals surface area contributed by atoms with E-state index < -0.39 is 20.2 Å². The van der Waals surface area contributed by atoms with Gasteiger partial charge in [-0.05, 0) is 4.70 Å². The summed E-state index contributed by atoms with van der Waals surface area (Å²) in [6.45, 7) is 0. The van der Waals surface area contributed by atoms with Crippen molar-refractivity contribution < 1.29 is 25.9 Å². The van der Waals surface area contributed by atoms with Gasteiger partial charge < -0.3 is 0 Å². The molecule has 0 bridgehead atoms. The maximum atomic E-state index is 10.3. The normalized spacial score (nSPS) is 14.0. The van der Waals surface area contributed by atoms with E-state index in [1.807, 2.05) is 0 Å². The summed E-state index contributed by atoms with van der Waals surface area (Å²) >= 11 is 1.86. The van der Waals surface area contributed by atoms with Crippen LogP contribution in [0.3, 0.4) is 0 Å². The van der Waals surface area contributed by atoms with E-state index in [1.54, 1.807) is 4.70 Å². The van der Waals surface area contributed by atoms with Crippen LogP contribution in [0.25, 0.3) is 0 Å². The van der Waals surface area contributed by atoms with Crippen LogP contribution in [0.2, 0.25) is 0 Å². The number of rotatable bonds is 7. The molecule has 0 aliphatic rings. The van der Waals surface area contributed by atoms with Gasteiger partial charge in [0.25, 0.3) is 20.2 Å². The van der Waals surface area contributed by atoms with Crippen LogP contribution in [-0.4, -0.2) is 53.7 Å². The molecule has 0 aliphatic heterocycles. The smallest absolute Gasteiger partial charge is 0.265 e. The zero-order valence-corrected chi connectivity index (χ0v) is 10.9. The summed E-state index contributed by atoms with van der Waals surface area (Å²) in [5.74, 6) is -0.165. The average molecular weight is 296 g/mol. The molecule has 2 N–H and O–H groups in total. The Balaban J connectivity index is 3.57. The molecule has 0 aromatic rings. The summed E-state index contributed by atoms with van der Waals surface area (Å²) in [5.41, 5.74) is 0. The lowest BCUT2D eigenvalue weighted by atomic mass is 11.0. The second-order valence-electron chi connectivity index (χ2n) is 2.45. The summed E-state index contributed by atoms with van der Waals surface area (Å²) in [7, 11) is -7.83. The maximum Gasteiger partial charge on any atom is 0.265 e. The van der Waals surface area contributed by atoms with Crippen molar-refractivity contribution in [1.82, 2.24) is 0 Å². The van der Waals surface area contributed by atoms with Crippen LogP contribution < -0.4 is 0 Å². The lowest BCUT2D eigenvalue weighted by molar-refractivity contribution is 0.483. The molecule has 0 unspecified atom stereocenters. The monoisotopic (exact) mass is 296 g/mol. The molecule has 0 rings (SSSR count). The average Bonchev–Trinajstić information content (AvgIpc) is 1.98. The van der Waals surface area contributed by atoms with Gasteiger partial charge in [0.05, 0.1) is 11.5 Å². The number of hydrogen-bond acceptors (Lipinski definition) is 5. The van der Waals surface area contributed by atoms with Crippen molar-refractivity contribution in [2.24, 2.45) is 0 Å². The molecule has 6 nitrogen and oxygen atoms in total. The van der Waals surface area contributed by atoms with Crippen molar-refractivity contribution in [3.05, 3.63) is 0 Å². The molecule has 0 aromatic carbocycles. The minimum atomic E-state index is -3.92. The Morgan fingerprint density at radius 3 is 2.07 bits per heavy atom. The van der Waals surface area contributed by atoms with Crippen molar-refractivity contribution in [1.29, 1.82) is 0 Å². The highest BCUT2D eigenvalue weighted by atomic mass is 32.2. The topological polar surface area (TPSA) is 109 Å². The van der Waals surface area contributed by atoms with Crippen molar-refractivity contribution in [3.8, 4) is 0 Å². The van der Waals surface area contributed by atoms with Gasteiger partial charge in [-0.25, -0.2) is 0 Å². The lowest BCUT2D eigenvalue weighted by Crippen LogP contribution is -2.06. The van der Waals surface area contributed by atoms with E-state index >= 15 is 0 Å². The standard InChI is InChI=1S/C5H12O6S4/c6-14(7,8)3-1-12-5-13-2-4-15(9,10)11/h5,12H,1-4H2,(H,6,7,8)(H,9,10,11). The molecular formula is C5H12O6S4. The Morgan fingerprint density at radius 1 is 1.07 bits per heavy atom. The Morgan fingerprint density at radius 2 is 1.60 bits per heavy atom. The Kier molecular flexibility index (Phi) is 7.04. The van der Waals surface area contributed by atoms with Gasteiger partial charge >= 0.3 is 0 Å². The van der Waals surface area contributed by atoms with Gasteiger partial charge in [-0.15, -0.1) is 11.8 Å². The van der Waals surface area contributed by atoms with E-state index in [0.29, 0.717) is 11.4 Å². The highest BCUT2D eigenvalue weighted by Gasteiger charge is 2.02. The minimum absolute atomic E-state index is 0.220. The Hall–Kier alpha value is 0.390. The fourth-order valence-corrected chi connectivity index (χ4v) is 4.32. The minimum Gasteiger partial charge on any atom is -0.286 e. The number of hydrogen-bond donors (Lipinski definition) is 3. The van der Waals surface area contributed by atoms with E-state index in [0.717, 1.165) is 0 Å². The van der Waals surface area contributed by atoms with Gasteiger partial charge in [0, 0.05) is 11.5 Å². The molecule has 0 aliphatic carbocycles. The van der Waals surface area contributed by atoms with Crippen LogP contribution in [0.5, 0.6) is 0 Å². The third-order valence-electron chi connectivity index (χ3n) is 1.09. The summed E-state index contributed by atoms with van der Waals surface area (Å²) in [4.78, 5) is 0. The molecular weight excluding hydrogens is 284 g/mol. The van der Waals surface area contributed by atoms with Crippen molar-refractivity contribution >= 4 is 48.0 Å². The van der Waals surface area contributed by atoms with Crippen LogP contribution in [0.4, 0.5) is 0 Å². The SMILES string of the molecule is O=S(=O)(O)CCSC=[SH]CCS(=O)(=O)O. The fourth-order valence-electron chi connectivity index (χ4n) is 0.480. The molecule has 15 heavy (non-hydrogen) atoms. The largest absolute Gasteiger partial charge is 0.286 e. The van der Waals surface area contributed by atoms with Gasteiger partial charge in [-0.3, -0.25) is 9.11 Å². The molecule has 0 radical (unpaired) electrons. The van der Waals surface area contributed by atoms with Crippen LogP contribution in [0, 0.1) is 0 Å². The Bertz CT molecular complexity index is 393. The van der Waals surface area contributed by atoms with Crippen LogP contribution in [0.1, 0.15) is 0 Å². The zero-order chi connectivity index (χ0) is 11.9. The third kappa shape index (κ3) is 14.4. The maximum absolute atomic E-state index is 10.3. The third-order valence-corrected chi connectivity index (χ3v) is 5.20. The first-order chi connectivity index (χ1) is 6.71. The first-order valence-corrected chi connectivity index (χ1v) is 9.12. The highest BCUT2D eigenvalue weighted by Crippen LogP contribution is 2.01. The molecule has 0 heterocycles. The quantitative estimate of drug-likeness (QED) is 0.256. The van der Waals surface area contributed by atoms with Crippen molar-refractivity contribution in [2.45, 2.75) is 0 Å². The fraction of sp³-hybridized carbons (Fsp3) is 0.800. The molecule has 0 spiro atoms. The Labute approximate surface area is 96.9 Å². The predicted molar refractivity (Wildman–Crippen MR) is 65.2 cm³/mol. The van der Waals surface area contributed by atoms with E-state index in [9.17, 15) is 16.8 Å². The van der Waals surface area contributed by atoms with Gasteiger partial charge in [0.1, 0.15) is 0 Å². The van der Waals surface area contributed by atoms with Crippen LogP contribution in [0.15, 0.2) is 0 Å². The summed E-state index contributed by atoms with van der Waals surface area (Å²) < 4.78 is 59.4. The molecule has 0 saturated heterocycles. The zero-order valence-electron chi connectivity index (χ0n) is 7.61. The predicted octanol–water partition coefficient (Wildman–Crippen LogP) is -0.280. The van der Waals surface area contributed by atoms with Gasteiger partial charge in [0.15, 0.2) is 0 Å². The molecule has 92 valence electrons. The van der Waals surface area contributed by atoms with E-state index in [2.05, 4.69) is 0 Å². The second-order valence-corrected chi connectivity index (χ2v) is 8.00. The molecule has 0 fully saturated rings. The van der Waals surface area contributed by atoms with Crippen LogP contribution >= 0.6 is 23.1 Å². The summed E-state index contributed by atoms with van der Waals surface area (Å²) in [6.07, 6.45) is 0. The van der Waals surface area contributed by atoms with Gasteiger partial charge in [-0.2, -0.15) is 28.2 Å². The molecule has 0 aromatic heterocycles. The first-order valence-electron chi connectivity index (χ1n) is 3.71. The number of thioether (sulfide) groups is 1.